The van der Waals surface area contributed by atoms with Gasteiger partial charge in [0.25, 0.3) is 5.91 Å². The van der Waals surface area contributed by atoms with Gasteiger partial charge < -0.3 is 15.5 Å². The van der Waals surface area contributed by atoms with Crippen LogP contribution in [0.4, 0.5) is 11.5 Å². The Morgan fingerprint density at radius 3 is 2.81 bits per heavy atom. The standard InChI is InChI=1S/C23H21N7O2/c1-29-21-16(8-6-13-24-21)23(32)26-22(29)15-7-2-3-9-17(15)25-20(31)12-14-30-19-11-5-4-10-18(19)27-28-30/h2-11,13,22H,12,14H2,1H3,(H,25,31)(H,26,32)/t22-/m1/s1. The van der Waals surface area contributed by atoms with E-state index in [1.54, 1.807) is 23.0 Å². The number of carbonyl (C=O) groups is 2. The lowest BCUT2D eigenvalue weighted by Crippen LogP contribution is -2.45. The molecule has 0 saturated heterocycles. The Kier molecular flexibility index (Phi) is 4.98. The molecular weight excluding hydrogens is 406 g/mol. The average Bonchev–Trinajstić information content (AvgIpc) is 3.24. The van der Waals surface area contributed by atoms with Crippen molar-refractivity contribution in [2.24, 2.45) is 0 Å². The molecule has 2 aromatic carbocycles. The van der Waals surface area contributed by atoms with Crippen molar-refractivity contribution >= 4 is 34.4 Å². The van der Waals surface area contributed by atoms with E-state index in [1.807, 2.05) is 60.5 Å². The smallest absolute Gasteiger partial charge is 0.256 e. The van der Waals surface area contributed by atoms with Crippen LogP contribution in [0.3, 0.4) is 0 Å². The molecule has 5 rings (SSSR count). The molecule has 0 bridgehead atoms. The molecule has 0 aliphatic carbocycles. The Bertz CT molecular complexity index is 1320. The number of aromatic nitrogens is 4. The molecular formula is C23H21N7O2. The number of hydrogen-bond acceptors (Lipinski definition) is 6. The number of benzene rings is 2. The molecule has 1 atom stereocenters. The molecule has 1 aliphatic heterocycles. The predicted octanol–water partition coefficient (Wildman–Crippen LogP) is 2.73. The lowest BCUT2D eigenvalue weighted by Gasteiger charge is -2.36. The van der Waals surface area contributed by atoms with E-state index >= 15 is 0 Å². The fourth-order valence-electron chi connectivity index (χ4n) is 3.91. The number of para-hydroxylation sites is 2. The Hall–Kier alpha value is -4.27. The van der Waals surface area contributed by atoms with Gasteiger partial charge in [-0.2, -0.15) is 0 Å². The first-order valence-electron chi connectivity index (χ1n) is 10.3. The van der Waals surface area contributed by atoms with Gasteiger partial charge in [0.1, 0.15) is 17.5 Å². The predicted molar refractivity (Wildman–Crippen MR) is 120 cm³/mol. The average molecular weight is 427 g/mol. The van der Waals surface area contributed by atoms with Crippen LogP contribution in [0.25, 0.3) is 11.0 Å². The molecule has 2 aromatic heterocycles. The van der Waals surface area contributed by atoms with E-state index in [4.69, 9.17) is 0 Å². The zero-order valence-corrected chi connectivity index (χ0v) is 17.4. The molecule has 0 fully saturated rings. The summed E-state index contributed by atoms with van der Waals surface area (Å²) in [6.07, 6.45) is 1.44. The van der Waals surface area contributed by atoms with Gasteiger partial charge in [-0.15, -0.1) is 5.10 Å². The van der Waals surface area contributed by atoms with E-state index in [1.165, 1.54) is 0 Å². The van der Waals surface area contributed by atoms with Gasteiger partial charge in [0.15, 0.2) is 0 Å². The lowest BCUT2D eigenvalue weighted by molar-refractivity contribution is -0.116. The largest absolute Gasteiger partial charge is 0.335 e. The second-order valence-electron chi connectivity index (χ2n) is 7.55. The number of hydrogen-bond donors (Lipinski definition) is 2. The highest BCUT2D eigenvalue weighted by Crippen LogP contribution is 2.33. The summed E-state index contributed by atoms with van der Waals surface area (Å²) in [5, 5.41) is 14.2. The van der Waals surface area contributed by atoms with E-state index in [2.05, 4.69) is 25.9 Å². The first-order valence-corrected chi connectivity index (χ1v) is 10.3. The third-order valence-electron chi connectivity index (χ3n) is 5.52. The second-order valence-corrected chi connectivity index (χ2v) is 7.55. The van der Waals surface area contributed by atoms with Gasteiger partial charge in [-0.3, -0.25) is 9.59 Å². The number of aryl methyl sites for hydroxylation is 1. The van der Waals surface area contributed by atoms with Gasteiger partial charge in [-0.25, -0.2) is 9.67 Å². The zero-order valence-electron chi connectivity index (χ0n) is 17.4. The van der Waals surface area contributed by atoms with Gasteiger partial charge in [-0.1, -0.05) is 35.5 Å². The van der Waals surface area contributed by atoms with Gasteiger partial charge >= 0.3 is 0 Å². The number of pyridine rings is 1. The first kappa shape index (κ1) is 19.7. The number of nitrogens with one attached hydrogen (secondary N) is 2. The van der Waals surface area contributed by atoms with Gasteiger partial charge in [0.05, 0.1) is 17.6 Å². The Morgan fingerprint density at radius 2 is 1.91 bits per heavy atom. The fraction of sp³-hybridized carbons (Fsp3) is 0.174. The van der Waals surface area contributed by atoms with E-state index in [0.29, 0.717) is 23.6 Å². The van der Waals surface area contributed by atoms with Crippen LogP contribution in [0.15, 0.2) is 66.9 Å². The number of fused-ring (bicyclic) bond motifs is 2. The van der Waals surface area contributed by atoms with Crippen LogP contribution < -0.4 is 15.5 Å². The van der Waals surface area contributed by atoms with Crippen LogP contribution in [0, 0.1) is 0 Å². The quantitative estimate of drug-likeness (QED) is 0.507. The summed E-state index contributed by atoms with van der Waals surface area (Å²) in [5.74, 6) is 0.246. The summed E-state index contributed by atoms with van der Waals surface area (Å²) in [4.78, 5) is 31.6. The van der Waals surface area contributed by atoms with Crippen molar-refractivity contribution in [2.45, 2.75) is 19.1 Å². The molecule has 2 amide bonds. The molecule has 0 spiro atoms. The summed E-state index contributed by atoms with van der Waals surface area (Å²) in [6, 6.07) is 18.5. The molecule has 3 heterocycles. The maximum Gasteiger partial charge on any atom is 0.256 e. The van der Waals surface area contributed by atoms with Crippen LogP contribution in [-0.2, 0) is 11.3 Å². The number of amides is 2. The molecule has 32 heavy (non-hydrogen) atoms. The van der Waals surface area contributed by atoms with E-state index in [0.717, 1.165) is 16.6 Å². The third-order valence-corrected chi connectivity index (χ3v) is 5.52. The SMILES string of the molecule is CN1c2ncccc2C(=O)N[C@H]1c1ccccc1NC(=O)CCn1nnc2ccccc21. The molecule has 0 radical (unpaired) electrons. The maximum absolute atomic E-state index is 12.7. The number of nitrogens with zero attached hydrogens (tertiary/aromatic N) is 5. The monoisotopic (exact) mass is 427 g/mol. The highest BCUT2D eigenvalue weighted by molar-refractivity contribution is 6.01. The van der Waals surface area contributed by atoms with Crippen LogP contribution in [0.5, 0.6) is 0 Å². The zero-order chi connectivity index (χ0) is 22.1. The van der Waals surface area contributed by atoms with Gasteiger partial charge in [0, 0.05) is 30.9 Å². The minimum atomic E-state index is -0.458. The Morgan fingerprint density at radius 1 is 1.09 bits per heavy atom. The van der Waals surface area contributed by atoms with Crippen molar-refractivity contribution in [2.75, 3.05) is 17.3 Å². The van der Waals surface area contributed by atoms with E-state index in [-0.39, 0.29) is 18.2 Å². The van der Waals surface area contributed by atoms with Crippen molar-refractivity contribution in [3.8, 4) is 0 Å². The molecule has 0 unspecified atom stereocenters. The lowest BCUT2D eigenvalue weighted by atomic mass is 10.0. The minimum Gasteiger partial charge on any atom is -0.335 e. The molecule has 9 heteroatoms. The number of anilines is 2. The molecule has 4 aromatic rings. The molecule has 2 N–H and O–H groups in total. The van der Waals surface area contributed by atoms with Crippen molar-refractivity contribution in [3.63, 3.8) is 0 Å². The number of rotatable bonds is 5. The summed E-state index contributed by atoms with van der Waals surface area (Å²) in [5.41, 5.74) is 3.62. The summed E-state index contributed by atoms with van der Waals surface area (Å²) in [6.45, 7) is 0.409. The highest BCUT2D eigenvalue weighted by Gasteiger charge is 2.31. The fourth-order valence-corrected chi connectivity index (χ4v) is 3.91. The summed E-state index contributed by atoms with van der Waals surface area (Å²) in [7, 11) is 1.87. The van der Waals surface area contributed by atoms with Crippen LogP contribution in [0.1, 0.15) is 28.5 Å². The van der Waals surface area contributed by atoms with Crippen molar-refractivity contribution in [1.29, 1.82) is 0 Å². The molecule has 0 saturated carbocycles. The Balaban J connectivity index is 1.34. The van der Waals surface area contributed by atoms with Crippen molar-refractivity contribution in [1.82, 2.24) is 25.3 Å². The third kappa shape index (κ3) is 3.53. The van der Waals surface area contributed by atoms with Crippen LogP contribution >= 0.6 is 0 Å². The summed E-state index contributed by atoms with van der Waals surface area (Å²) < 4.78 is 1.72. The van der Waals surface area contributed by atoms with E-state index < -0.39 is 6.17 Å². The number of carbonyl (C=O) groups excluding carboxylic acids is 2. The van der Waals surface area contributed by atoms with Crippen molar-refractivity contribution in [3.05, 3.63) is 78.0 Å². The van der Waals surface area contributed by atoms with Crippen LogP contribution in [0.2, 0.25) is 0 Å². The summed E-state index contributed by atoms with van der Waals surface area (Å²) >= 11 is 0. The first-order chi connectivity index (χ1) is 15.6. The maximum atomic E-state index is 12.7. The Labute approximate surface area is 184 Å². The minimum absolute atomic E-state index is 0.152. The topological polar surface area (TPSA) is 105 Å². The molecule has 160 valence electrons. The van der Waals surface area contributed by atoms with E-state index in [9.17, 15) is 9.59 Å². The molecule has 9 nitrogen and oxygen atoms in total. The molecule has 1 aliphatic rings. The van der Waals surface area contributed by atoms with Gasteiger partial charge in [-0.05, 0) is 30.3 Å². The van der Waals surface area contributed by atoms with Crippen molar-refractivity contribution < 1.29 is 9.59 Å². The highest BCUT2D eigenvalue weighted by atomic mass is 16.2. The van der Waals surface area contributed by atoms with Gasteiger partial charge in [0.2, 0.25) is 5.91 Å². The second kappa shape index (κ2) is 8.10. The normalized spacial score (nSPS) is 15.3. The van der Waals surface area contributed by atoms with Crippen LogP contribution in [-0.4, -0.2) is 38.8 Å².